The molecule has 1 N–H and O–H groups in total. The van der Waals surface area contributed by atoms with Gasteiger partial charge in [0.1, 0.15) is 5.02 Å². The molecule has 0 aliphatic heterocycles. The lowest BCUT2D eigenvalue weighted by Gasteiger charge is -2.15. The number of pyridine rings is 1. The summed E-state index contributed by atoms with van der Waals surface area (Å²) in [6.07, 6.45) is 0. The number of hydrogen-bond donors (Lipinski definition) is 1. The zero-order valence-electron chi connectivity index (χ0n) is 15.4. The van der Waals surface area contributed by atoms with Crippen LogP contribution in [0.25, 0.3) is 22.0 Å². The van der Waals surface area contributed by atoms with Crippen LogP contribution >= 0.6 is 11.6 Å². The summed E-state index contributed by atoms with van der Waals surface area (Å²) < 4.78 is 11.4. The Bertz CT molecular complexity index is 1040. The highest BCUT2D eigenvalue weighted by atomic mass is 35.5. The smallest absolute Gasteiger partial charge is 0.288 e. The number of halogens is 1. The van der Waals surface area contributed by atoms with Crippen LogP contribution in [0, 0.1) is 10.1 Å². The molecule has 2 aromatic carbocycles. The van der Waals surface area contributed by atoms with Gasteiger partial charge >= 0.3 is 0 Å². The lowest BCUT2D eigenvalue weighted by Crippen LogP contribution is -2.00. The number of ether oxygens (including phenoxy) is 2. The molecule has 1 heterocycles. The molecule has 3 rings (SSSR count). The van der Waals surface area contributed by atoms with Crippen LogP contribution in [0.2, 0.25) is 5.02 Å². The van der Waals surface area contributed by atoms with Crippen LogP contribution in [0.1, 0.15) is 19.5 Å². The Morgan fingerprint density at radius 3 is 2.39 bits per heavy atom. The molecule has 0 spiro atoms. The van der Waals surface area contributed by atoms with Crippen molar-refractivity contribution in [3.8, 4) is 22.8 Å². The van der Waals surface area contributed by atoms with Crippen LogP contribution < -0.4 is 9.47 Å². The maximum absolute atomic E-state index is 11.3. The second-order valence-corrected chi connectivity index (χ2v) is 6.34. The molecule has 7 nitrogen and oxygen atoms in total. The predicted octanol–water partition coefficient (Wildman–Crippen LogP) is 4.75. The number of aromatic nitrogens is 1. The second kappa shape index (κ2) is 8.41. The van der Waals surface area contributed by atoms with E-state index in [2.05, 4.69) is 4.98 Å². The zero-order chi connectivity index (χ0) is 20.3. The lowest BCUT2D eigenvalue weighted by atomic mass is 10.0. The van der Waals surface area contributed by atoms with E-state index in [1.807, 2.05) is 19.9 Å². The van der Waals surface area contributed by atoms with Crippen LogP contribution in [0.4, 0.5) is 5.69 Å². The number of nitro benzene ring substituents is 1. The van der Waals surface area contributed by atoms with Gasteiger partial charge in [-0.3, -0.25) is 10.1 Å². The number of nitro groups is 1. The number of fused-ring (bicyclic) bond motifs is 1. The second-order valence-electron chi connectivity index (χ2n) is 5.93. The van der Waals surface area contributed by atoms with E-state index in [0.29, 0.717) is 41.7 Å². The average Bonchev–Trinajstić information content (AvgIpc) is 2.68. The molecular formula is C20H19ClN2O5. The average molecular weight is 403 g/mol. The van der Waals surface area contributed by atoms with Gasteiger partial charge in [0.05, 0.1) is 36.1 Å². The SMILES string of the molecule is CCOc1cc2cc(CO)nc(-c3ccc(Cl)c([N+](=O)[O-])c3)c2cc1OCC. The molecular weight excluding hydrogens is 384 g/mol. The molecule has 0 bridgehead atoms. The van der Waals surface area contributed by atoms with Gasteiger partial charge in [-0.2, -0.15) is 0 Å². The highest BCUT2D eigenvalue weighted by molar-refractivity contribution is 6.32. The van der Waals surface area contributed by atoms with Gasteiger partial charge in [0, 0.05) is 17.0 Å². The fourth-order valence-electron chi connectivity index (χ4n) is 2.95. The lowest BCUT2D eigenvalue weighted by molar-refractivity contribution is -0.384. The van der Waals surface area contributed by atoms with Crippen LogP contribution in [-0.2, 0) is 6.61 Å². The summed E-state index contributed by atoms with van der Waals surface area (Å²) in [5, 5.41) is 22.4. The zero-order valence-corrected chi connectivity index (χ0v) is 16.2. The monoisotopic (exact) mass is 402 g/mol. The molecule has 0 saturated heterocycles. The molecule has 28 heavy (non-hydrogen) atoms. The molecule has 0 aliphatic rings. The van der Waals surface area contributed by atoms with Gasteiger partial charge in [-0.1, -0.05) is 17.7 Å². The summed E-state index contributed by atoms with van der Waals surface area (Å²) in [5.74, 6) is 1.14. The molecule has 0 amide bonds. The van der Waals surface area contributed by atoms with Crippen LogP contribution in [0.3, 0.4) is 0 Å². The highest BCUT2D eigenvalue weighted by Crippen LogP contribution is 2.38. The van der Waals surface area contributed by atoms with Gasteiger partial charge in [-0.05, 0) is 43.5 Å². The minimum atomic E-state index is -0.539. The standard InChI is InChI=1S/C20H19ClN2O5/c1-3-27-18-9-13-7-14(11-24)22-20(15(13)10-19(18)28-4-2)12-5-6-16(21)17(8-12)23(25)26/h5-10,24H,3-4,11H2,1-2H3. The summed E-state index contributed by atoms with van der Waals surface area (Å²) >= 11 is 5.94. The van der Waals surface area contributed by atoms with Crippen molar-refractivity contribution in [3.05, 3.63) is 57.2 Å². The van der Waals surface area contributed by atoms with Gasteiger partial charge in [-0.25, -0.2) is 4.98 Å². The Morgan fingerprint density at radius 1 is 1.11 bits per heavy atom. The van der Waals surface area contributed by atoms with Crippen molar-refractivity contribution >= 4 is 28.1 Å². The maximum Gasteiger partial charge on any atom is 0.288 e. The maximum atomic E-state index is 11.3. The van der Waals surface area contributed by atoms with Crippen molar-refractivity contribution in [2.24, 2.45) is 0 Å². The normalized spacial score (nSPS) is 10.9. The van der Waals surface area contributed by atoms with Gasteiger partial charge in [0.2, 0.25) is 0 Å². The molecule has 0 saturated carbocycles. The Kier molecular flexibility index (Phi) is 5.96. The Balaban J connectivity index is 2.30. The fraction of sp³-hybridized carbons (Fsp3) is 0.250. The summed E-state index contributed by atoms with van der Waals surface area (Å²) in [4.78, 5) is 15.2. The summed E-state index contributed by atoms with van der Waals surface area (Å²) in [5.41, 5.74) is 1.24. The van der Waals surface area contributed by atoms with Crippen molar-refractivity contribution in [2.45, 2.75) is 20.5 Å². The molecule has 3 aromatic rings. The quantitative estimate of drug-likeness (QED) is 0.452. The largest absolute Gasteiger partial charge is 0.490 e. The molecule has 0 fully saturated rings. The molecule has 0 unspecified atom stereocenters. The van der Waals surface area contributed by atoms with Crippen molar-refractivity contribution in [2.75, 3.05) is 13.2 Å². The number of rotatable bonds is 7. The summed E-state index contributed by atoms with van der Waals surface area (Å²) in [7, 11) is 0. The number of aliphatic hydroxyl groups excluding tert-OH is 1. The molecule has 1 aromatic heterocycles. The highest BCUT2D eigenvalue weighted by Gasteiger charge is 2.18. The van der Waals surface area contributed by atoms with E-state index < -0.39 is 4.92 Å². The first kappa shape index (κ1) is 19.9. The van der Waals surface area contributed by atoms with E-state index >= 15 is 0 Å². The Hall–Kier alpha value is -2.90. The van der Waals surface area contributed by atoms with Gasteiger partial charge in [0.25, 0.3) is 5.69 Å². The molecule has 0 radical (unpaired) electrons. The predicted molar refractivity (Wildman–Crippen MR) is 107 cm³/mol. The Morgan fingerprint density at radius 2 is 1.79 bits per heavy atom. The van der Waals surface area contributed by atoms with E-state index in [-0.39, 0.29) is 17.3 Å². The minimum Gasteiger partial charge on any atom is -0.490 e. The van der Waals surface area contributed by atoms with Gasteiger partial charge in [-0.15, -0.1) is 0 Å². The topological polar surface area (TPSA) is 94.7 Å². The molecule has 0 atom stereocenters. The molecule has 146 valence electrons. The van der Waals surface area contributed by atoms with Gasteiger partial charge in [0.15, 0.2) is 11.5 Å². The van der Waals surface area contributed by atoms with E-state index in [9.17, 15) is 15.2 Å². The van der Waals surface area contributed by atoms with Crippen LogP contribution in [-0.4, -0.2) is 28.2 Å². The number of benzene rings is 2. The van der Waals surface area contributed by atoms with E-state index in [1.165, 1.54) is 12.1 Å². The number of nitrogens with zero attached hydrogens (tertiary/aromatic N) is 2. The minimum absolute atomic E-state index is 0.0463. The number of aliphatic hydroxyl groups is 1. The third kappa shape index (κ3) is 3.85. The third-order valence-corrected chi connectivity index (χ3v) is 4.45. The van der Waals surface area contributed by atoms with Crippen LogP contribution in [0.5, 0.6) is 11.5 Å². The van der Waals surface area contributed by atoms with Crippen LogP contribution in [0.15, 0.2) is 36.4 Å². The molecule has 0 aliphatic carbocycles. The first-order valence-electron chi connectivity index (χ1n) is 8.76. The van der Waals surface area contributed by atoms with E-state index in [4.69, 9.17) is 21.1 Å². The van der Waals surface area contributed by atoms with E-state index in [0.717, 1.165) is 10.8 Å². The van der Waals surface area contributed by atoms with E-state index in [1.54, 1.807) is 18.2 Å². The van der Waals surface area contributed by atoms with Gasteiger partial charge < -0.3 is 14.6 Å². The third-order valence-electron chi connectivity index (χ3n) is 4.13. The fourth-order valence-corrected chi connectivity index (χ4v) is 3.14. The van der Waals surface area contributed by atoms with Crippen molar-refractivity contribution in [3.63, 3.8) is 0 Å². The van der Waals surface area contributed by atoms with Crippen molar-refractivity contribution in [1.29, 1.82) is 0 Å². The summed E-state index contributed by atoms with van der Waals surface area (Å²) in [6.45, 7) is 4.41. The first-order chi connectivity index (χ1) is 13.5. The Labute approximate surface area is 166 Å². The van der Waals surface area contributed by atoms with Crippen molar-refractivity contribution < 1.29 is 19.5 Å². The first-order valence-corrected chi connectivity index (χ1v) is 9.14. The van der Waals surface area contributed by atoms with Crippen molar-refractivity contribution in [1.82, 2.24) is 4.98 Å². The summed E-state index contributed by atoms with van der Waals surface area (Å²) in [6, 6.07) is 9.87. The molecule has 8 heteroatoms. The number of hydrogen-bond acceptors (Lipinski definition) is 6.